The molecule has 3 aromatic rings. The first-order chi connectivity index (χ1) is 18.9. The predicted molar refractivity (Wildman–Crippen MR) is 156 cm³/mol. The van der Waals surface area contributed by atoms with Crippen LogP contribution in [0.2, 0.25) is 5.15 Å². The lowest BCUT2D eigenvalue weighted by atomic mass is 9.97. The van der Waals surface area contributed by atoms with Crippen molar-refractivity contribution in [3.8, 4) is 5.75 Å². The highest BCUT2D eigenvalue weighted by atomic mass is 35.5. The molecular weight excluding hydrogens is 550 g/mol. The van der Waals surface area contributed by atoms with E-state index in [2.05, 4.69) is 47.0 Å². The highest BCUT2D eigenvalue weighted by Gasteiger charge is 2.31. The Hall–Kier alpha value is -2.92. The number of aryl methyl sites for hydroxylation is 2. The summed E-state index contributed by atoms with van der Waals surface area (Å²) >= 11 is 6.26. The fraction of sp³-hybridized carbons (Fsp3) is 0.448. The molecule has 1 aromatic heterocycles. The number of nitrogens with zero attached hydrogens (tertiary/aromatic N) is 3. The molecule has 0 aliphatic carbocycles. The number of sulfonamides is 1. The first-order valence-electron chi connectivity index (χ1n) is 13.4. The molecule has 0 bridgehead atoms. The van der Waals surface area contributed by atoms with E-state index in [1.807, 2.05) is 30.3 Å². The first kappa shape index (κ1) is 30.0. The normalized spacial score (nSPS) is 16.1. The molecule has 1 amide bonds. The quantitative estimate of drug-likeness (QED) is 0.342. The molecule has 2 heterocycles. The Morgan fingerprint density at radius 2 is 1.95 bits per heavy atom. The van der Waals surface area contributed by atoms with Crippen molar-refractivity contribution >= 4 is 27.5 Å². The number of halogens is 1. The van der Waals surface area contributed by atoms with Gasteiger partial charge in [-0.3, -0.25) is 9.48 Å². The summed E-state index contributed by atoms with van der Waals surface area (Å²) in [5.74, 6) is 1.08. The number of benzene rings is 2. The van der Waals surface area contributed by atoms with Crippen LogP contribution in [0.15, 0.2) is 53.4 Å². The van der Waals surface area contributed by atoms with Crippen molar-refractivity contribution in [2.45, 2.75) is 57.1 Å². The van der Waals surface area contributed by atoms with Gasteiger partial charge in [-0.1, -0.05) is 67.9 Å². The number of hydrogen-bond donors (Lipinski definition) is 2. The molecule has 11 heteroatoms. The Balaban J connectivity index is 1.50. The molecule has 1 aliphatic heterocycles. The number of carbonyl (C=O) groups excluding carboxylic acids is 1. The minimum atomic E-state index is -4.07. The number of hydrogen-bond acceptors (Lipinski definition) is 6. The van der Waals surface area contributed by atoms with Crippen LogP contribution in [0, 0.1) is 12.8 Å². The Morgan fingerprint density at radius 3 is 2.60 bits per heavy atom. The molecule has 2 unspecified atom stereocenters. The third-order valence-corrected chi connectivity index (χ3v) is 9.01. The molecule has 2 aromatic carbocycles. The summed E-state index contributed by atoms with van der Waals surface area (Å²) in [6, 6.07) is 14.1. The van der Waals surface area contributed by atoms with Gasteiger partial charge in [-0.25, -0.2) is 13.1 Å². The highest BCUT2D eigenvalue weighted by molar-refractivity contribution is 7.89. The number of carbonyl (C=O) groups is 1. The van der Waals surface area contributed by atoms with E-state index in [0.717, 1.165) is 30.0 Å². The summed E-state index contributed by atoms with van der Waals surface area (Å²) in [5, 5.41) is 7.24. The predicted octanol–water partition coefficient (Wildman–Crippen LogP) is 4.52. The van der Waals surface area contributed by atoms with Crippen LogP contribution in [-0.2, 0) is 28.4 Å². The lowest BCUT2D eigenvalue weighted by Gasteiger charge is -2.28. The van der Waals surface area contributed by atoms with Gasteiger partial charge in [-0.2, -0.15) is 5.10 Å². The van der Waals surface area contributed by atoms with Crippen LogP contribution in [0.25, 0.3) is 0 Å². The molecule has 2 atom stereocenters. The van der Waals surface area contributed by atoms with Crippen molar-refractivity contribution in [2.24, 2.45) is 13.0 Å². The summed E-state index contributed by atoms with van der Waals surface area (Å²) in [5.41, 5.74) is 3.02. The lowest BCUT2D eigenvalue weighted by molar-refractivity contribution is -0.122. The molecule has 2 N–H and O–H groups in total. The van der Waals surface area contributed by atoms with Crippen molar-refractivity contribution in [1.82, 2.24) is 24.7 Å². The molecule has 0 spiro atoms. The van der Waals surface area contributed by atoms with Gasteiger partial charge in [0, 0.05) is 38.5 Å². The summed E-state index contributed by atoms with van der Waals surface area (Å²) in [6.45, 7) is 8.27. The second kappa shape index (κ2) is 12.7. The topological polar surface area (TPSA) is 106 Å². The number of amides is 1. The Kier molecular flexibility index (Phi) is 9.56. The third-order valence-electron chi connectivity index (χ3n) is 6.84. The molecule has 4 rings (SSSR count). The maximum atomic E-state index is 13.4. The van der Waals surface area contributed by atoms with E-state index < -0.39 is 16.1 Å². The van der Waals surface area contributed by atoms with Crippen LogP contribution in [0.4, 0.5) is 0 Å². The van der Waals surface area contributed by atoms with Crippen LogP contribution < -0.4 is 14.8 Å². The van der Waals surface area contributed by atoms with Gasteiger partial charge in [0.1, 0.15) is 15.8 Å². The standard InChI is InChI=1S/C29H38ClN5O4S/c1-19(2)17-34(4)18-21-11-12-23-24(13-14-39-26(23)15-21)31-27(36)16-25(22-9-7-6-8-10-22)33-40(37,38)28-20(3)32-35(5)29(28)30/h6-12,15,19,24-25,33H,13-14,16-18H2,1-5H3,(H,31,36). The van der Waals surface area contributed by atoms with Gasteiger partial charge in [0.15, 0.2) is 0 Å². The lowest BCUT2D eigenvalue weighted by Crippen LogP contribution is -2.36. The average Bonchev–Trinajstić information content (AvgIpc) is 3.14. The molecule has 0 radical (unpaired) electrons. The van der Waals surface area contributed by atoms with Gasteiger partial charge in [-0.15, -0.1) is 0 Å². The number of ether oxygens (including phenoxy) is 1. The van der Waals surface area contributed by atoms with Crippen molar-refractivity contribution in [1.29, 1.82) is 0 Å². The number of nitrogens with one attached hydrogen (secondary N) is 2. The van der Waals surface area contributed by atoms with Gasteiger partial charge >= 0.3 is 0 Å². The molecule has 0 saturated carbocycles. The fourth-order valence-corrected chi connectivity index (χ4v) is 7.17. The van der Waals surface area contributed by atoms with Crippen molar-refractivity contribution in [3.05, 3.63) is 76.1 Å². The molecule has 0 fully saturated rings. The van der Waals surface area contributed by atoms with Crippen molar-refractivity contribution in [2.75, 3.05) is 20.2 Å². The largest absolute Gasteiger partial charge is 0.493 e. The minimum absolute atomic E-state index is 0.00912. The van der Waals surface area contributed by atoms with E-state index >= 15 is 0 Å². The number of fused-ring (bicyclic) bond motifs is 1. The Bertz CT molecular complexity index is 1440. The van der Waals surface area contributed by atoms with Crippen molar-refractivity contribution < 1.29 is 17.9 Å². The minimum Gasteiger partial charge on any atom is -0.493 e. The number of aromatic nitrogens is 2. The molecule has 9 nitrogen and oxygen atoms in total. The summed E-state index contributed by atoms with van der Waals surface area (Å²) in [4.78, 5) is 15.5. The molecule has 1 aliphatic rings. The van der Waals surface area contributed by atoms with Crippen LogP contribution >= 0.6 is 11.6 Å². The second-order valence-electron chi connectivity index (χ2n) is 10.8. The maximum Gasteiger partial charge on any atom is 0.246 e. The van der Waals surface area contributed by atoms with Gasteiger partial charge in [0.05, 0.1) is 24.4 Å². The monoisotopic (exact) mass is 587 g/mol. The van der Waals surface area contributed by atoms with E-state index in [1.54, 1.807) is 26.1 Å². The molecule has 0 saturated heterocycles. The molecular formula is C29H38ClN5O4S. The van der Waals surface area contributed by atoms with Crippen LogP contribution in [0.5, 0.6) is 5.75 Å². The van der Waals surface area contributed by atoms with Crippen LogP contribution in [0.1, 0.15) is 61.2 Å². The highest BCUT2D eigenvalue weighted by Crippen LogP contribution is 2.34. The van der Waals surface area contributed by atoms with E-state index in [0.29, 0.717) is 24.5 Å². The van der Waals surface area contributed by atoms with Crippen molar-refractivity contribution in [3.63, 3.8) is 0 Å². The zero-order chi connectivity index (χ0) is 29.0. The van der Waals surface area contributed by atoms with Gasteiger partial charge in [-0.05, 0) is 37.1 Å². The maximum absolute atomic E-state index is 13.4. The van der Waals surface area contributed by atoms with Gasteiger partial charge in [0.2, 0.25) is 15.9 Å². The first-order valence-corrected chi connectivity index (χ1v) is 15.3. The summed E-state index contributed by atoms with van der Waals surface area (Å²) < 4.78 is 36.7. The smallest absolute Gasteiger partial charge is 0.246 e. The number of rotatable bonds is 11. The Morgan fingerprint density at radius 1 is 1.23 bits per heavy atom. The fourth-order valence-electron chi connectivity index (χ4n) is 5.20. The van der Waals surface area contributed by atoms with Crippen LogP contribution in [-0.4, -0.2) is 49.2 Å². The zero-order valence-corrected chi connectivity index (χ0v) is 25.2. The van der Waals surface area contributed by atoms with Crippen LogP contribution in [0.3, 0.4) is 0 Å². The van der Waals surface area contributed by atoms with E-state index in [9.17, 15) is 13.2 Å². The van der Waals surface area contributed by atoms with E-state index in [-0.39, 0.29) is 34.1 Å². The van der Waals surface area contributed by atoms with E-state index in [4.69, 9.17) is 16.3 Å². The summed E-state index contributed by atoms with van der Waals surface area (Å²) in [6.07, 6.45) is 0.530. The van der Waals surface area contributed by atoms with E-state index in [1.165, 1.54) is 4.68 Å². The SMILES string of the molecule is Cc1nn(C)c(Cl)c1S(=O)(=O)NC(CC(=O)NC1CCOc2cc(CN(C)CC(C)C)ccc21)c1ccccc1. The molecule has 216 valence electrons. The molecule has 40 heavy (non-hydrogen) atoms. The zero-order valence-electron chi connectivity index (χ0n) is 23.6. The Labute approximate surface area is 241 Å². The second-order valence-corrected chi connectivity index (χ2v) is 12.8. The average molecular weight is 588 g/mol. The van der Waals surface area contributed by atoms with Gasteiger partial charge in [0.25, 0.3) is 0 Å². The summed E-state index contributed by atoms with van der Waals surface area (Å²) in [7, 11) is -0.387. The van der Waals surface area contributed by atoms with Gasteiger partial charge < -0.3 is 15.0 Å². The third kappa shape index (κ3) is 7.23.